The van der Waals surface area contributed by atoms with E-state index in [9.17, 15) is 4.79 Å². The Morgan fingerprint density at radius 2 is 2.00 bits per heavy atom. The summed E-state index contributed by atoms with van der Waals surface area (Å²) in [5.41, 5.74) is 0.422. The van der Waals surface area contributed by atoms with Crippen LogP contribution in [0.3, 0.4) is 0 Å². The molecule has 0 atom stereocenters. The van der Waals surface area contributed by atoms with Gasteiger partial charge in [-0.1, -0.05) is 6.42 Å². The lowest BCUT2D eigenvalue weighted by atomic mass is 10.2. The fraction of sp³-hybridized carbons (Fsp3) is 0. The summed E-state index contributed by atoms with van der Waals surface area (Å²) >= 11 is 0. The first-order valence-corrected chi connectivity index (χ1v) is 3.29. The van der Waals surface area contributed by atoms with Crippen LogP contribution in [0.4, 0.5) is 0 Å². The smallest absolute Gasteiger partial charge is 0.262 e. The summed E-state index contributed by atoms with van der Waals surface area (Å²) in [4.78, 5) is 11.0. The molecular formula is C9H7NO2. The van der Waals surface area contributed by atoms with Gasteiger partial charge in [0.05, 0.1) is 0 Å². The number of benzene rings is 1. The molecule has 0 fully saturated rings. The van der Waals surface area contributed by atoms with E-state index in [1.807, 2.05) is 6.04 Å². The summed E-state index contributed by atoms with van der Waals surface area (Å²) in [5.74, 6) is -0.232. The highest BCUT2D eigenvalue weighted by Gasteiger charge is 2.01. The van der Waals surface area contributed by atoms with Crippen LogP contribution in [-0.2, 0) is 0 Å². The minimum Gasteiger partial charge on any atom is -0.508 e. The Kier molecular flexibility index (Phi) is 2.34. The molecule has 0 bridgehead atoms. The summed E-state index contributed by atoms with van der Waals surface area (Å²) in [6, 6.07) is 7.84. The number of carbonyl (C=O) groups excluding carboxylic acids is 1. The number of nitrogens with one attached hydrogen (secondary N) is 1. The minimum absolute atomic E-state index is 0.118. The maximum absolute atomic E-state index is 11.0. The number of phenolic OH excluding ortho intramolecular Hbond substituents is 1. The van der Waals surface area contributed by atoms with E-state index in [4.69, 9.17) is 11.5 Å². The van der Waals surface area contributed by atoms with E-state index < -0.39 is 0 Å². The van der Waals surface area contributed by atoms with Crippen LogP contribution in [0, 0.1) is 12.5 Å². The minimum atomic E-state index is -0.350. The van der Waals surface area contributed by atoms with E-state index in [1.54, 1.807) is 0 Å². The van der Waals surface area contributed by atoms with Crippen LogP contribution < -0.4 is 5.32 Å². The van der Waals surface area contributed by atoms with Crippen LogP contribution in [0.1, 0.15) is 10.4 Å². The highest BCUT2D eigenvalue weighted by Crippen LogP contribution is 2.08. The van der Waals surface area contributed by atoms with Gasteiger partial charge in [-0.15, -0.1) is 0 Å². The molecule has 0 spiro atoms. The molecule has 0 aromatic heterocycles. The van der Waals surface area contributed by atoms with E-state index in [1.165, 1.54) is 24.3 Å². The standard InChI is InChI=1S/C9H7NO2/c1-2-10-9(12)7-3-5-8(11)6-4-7/h1,3-6,11H,(H,10,12). The third-order valence-corrected chi connectivity index (χ3v) is 1.32. The maximum atomic E-state index is 11.0. The van der Waals surface area contributed by atoms with Crippen molar-refractivity contribution in [2.45, 2.75) is 0 Å². The Labute approximate surface area is 70.0 Å². The van der Waals surface area contributed by atoms with Gasteiger partial charge in [0.2, 0.25) is 0 Å². The van der Waals surface area contributed by atoms with E-state index in [2.05, 4.69) is 5.32 Å². The van der Waals surface area contributed by atoms with Crippen molar-refractivity contribution in [3.05, 3.63) is 29.8 Å². The molecule has 3 heteroatoms. The van der Waals surface area contributed by atoms with E-state index in [0.717, 1.165) is 0 Å². The molecule has 0 aliphatic carbocycles. The maximum Gasteiger partial charge on any atom is 0.262 e. The lowest BCUT2D eigenvalue weighted by Crippen LogP contribution is -2.16. The molecule has 0 aliphatic rings. The van der Waals surface area contributed by atoms with Crippen molar-refractivity contribution in [2.75, 3.05) is 0 Å². The fourth-order valence-corrected chi connectivity index (χ4v) is 0.751. The highest BCUT2D eigenvalue weighted by molar-refractivity contribution is 5.95. The largest absolute Gasteiger partial charge is 0.508 e. The third-order valence-electron chi connectivity index (χ3n) is 1.32. The number of aromatic hydroxyl groups is 1. The van der Waals surface area contributed by atoms with Gasteiger partial charge in [0.25, 0.3) is 5.91 Å². The number of hydrogen-bond donors (Lipinski definition) is 2. The zero-order chi connectivity index (χ0) is 8.97. The molecule has 2 N–H and O–H groups in total. The number of terminal acetylenes is 1. The van der Waals surface area contributed by atoms with Crippen LogP contribution in [0.5, 0.6) is 5.75 Å². The molecule has 0 radical (unpaired) electrons. The zero-order valence-corrected chi connectivity index (χ0v) is 6.24. The van der Waals surface area contributed by atoms with E-state index in [0.29, 0.717) is 5.56 Å². The van der Waals surface area contributed by atoms with Crippen LogP contribution in [-0.4, -0.2) is 11.0 Å². The number of carbonyl (C=O) groups is 1. The van der Waals surface area contributed by atoms with Crippen molar-refractivity contribution in [1.82, 2.24) is 5.32 Å². The van der Waals surface area contributed by atoms with Crippen LogP contribution in [0.25, 0.3) is 0 Å². The molecule has 3 nitrogen and oxygen atoms in total. The first-order valence-electron chi connectivity index (χ1n) is 3.29. The number of hydrogen-bond acceptors (Lipinski definition) is 2. The van der Waals surface area contributed by atoms with Crippen LogP contribution in [0.15, 0.2) is 24.3 Å². The highest BCUT2D eigenvalue weighted by atomic mass is 16.3. The summed E-state index contributed by atoms with van der Waals surface area (Å²) in [6.45, 7) is 0. The third kappa shape index (κ3) is 1.77. The average Bonchev–Trinajstić information content (AvgIpc) is 2.06. The fourth-order valence-electron chi connectivity index (χ4n) is 0.751. The second kappa shape index (κ2) is 3.44. The Morgan fingerprint density at radius 3 is 2.50 bits per heavy atom. The Hall–Kier alpha value is -1.95. The van der Waals surface area contributed by atoms with Crippen LogP contribution >= 0.6 is 0 Å². The Balaban J connectivity index is 2.84. The number of phenols is 1. The molecule has 0 heterocycles. The SMILES string of the molecule is C#CNC(=O)c1ccc(O)cc1. The topological polar surface area (TPSA) is 49.3 Å². The van der Waals surface area contributed by atoms with Gasteiger partial charge in [-0.25, -0.2) is 0 Å². The molecule has 1 rings (SSSR count). The molecule has 0 unspecified atom stereocenters. The Morgan fingerprint density at radius 1 is 1.42 bits per heavy atom. The second-order valence-electron chi connectivity index (χ2n) is 2.15. The van der Waals surface area contributed by atoms with Crippen molar-refractivity contribution in [2.24, 2.45) is 0 Å². The van der Waals surface area contributed by atoms with Gasteiger partial charge in [0.15, 0.2) is 0 Å². The molecule has 0 saturated carbocycles. The quantitative estimate of drug-likeness (QED) is 0.470. The average molecular weight is 161 g/mol. The van der Waals surface area contributed by atoms with Crippen molar-refractivity contribution < 1.29 is 9.90 Å². The molecular weight excluding hydrogens is 154 g/mol. The summed E-state index contributed by atoms with van der Waals surface area (Å²) in [7, 11) is 0. The lowest BCUT2D eigenvalue weighted by molar-refractivity contribution is 0.0973. The molecule has 1 amide bonds. The van der Waals surface area contributed by atoms with Crippen LogP contribution in [0.2, 0.25) is 0 Å². The molecule has 60 valence electrons. The molecule has 0 saturated heterocycles. The van der Waals surface area contributed by atoms with E-state index in [-0.39, 0.29) is 11.7 Å². The normalized spacial score (nSPS) is 8.58. The van der Waals surface area contributed by atoms with Crippen molar-refractivity contribution in [1.29, 1.82) is 0 Å². The molecule has 12 heavy (non-hydrogen) atoms. The first kappa shape index (κ1) is 8.15. The van der Waals surface area contributed by atoms with Gasteiger partial charge < -0.3 is 5.11 Å². The summed E-state index contributed by atoms with van der Waals surface area (Å²) in [6.07, 6.45) is 4.87. The van der Waals surface area contributed by atoms with E-state index >= 15 is 0 Å². The van der Waals surface area contributed by atoms with Gasteiger partial charge in [-0.3, -0.25) is 10.1 Å². The molecule has 1 aromatic carbocycles. The molecule has 1 aromatic rings. The lowest BCUT2D eigenvalue weighted by Gasteiger charge is -1.97. The predicted molar refractivity (Wildman–Crippen MR) is 44.4 cm³/mol. The zero-order valence-electron chi connectivity index (χ0n) is 6.24. The number of amides is 1. The Bertz CT molecular complexity index is 321. The second-order valence-corrected chi connectivity index (χ2v) is 2.15. The van der Waals surface area contributed by atoms with Gasteiger partial charge in [0.1, 0.15) is 5.75 Å². The number of rotatable bonds is 1. The van der Waals surface area contributed by atoms with Gasteiger partial charge >= 0.3 is 0 Å². The van der Waals surface area contributed by atoms with Gasteiger partial charge in [-0.05, 0) is 24.3 Å². The van der Waals surface area contributed by atoms with Crippen molar-refractivity contribution >= 4 is 5.91 Å². The first-order chi connectivity index (χ1) is 5.74. The van der Waals surface area contributed by atoms with Crippen molar-refractivity contribution in [3.8, 4) is 18.2 Å². The molecule has 0 aliphatic heterocycles. The predicted octanol–water partition coefficient (Wildman–Crippen LogP) is 0.713. The summed E-state index contributed by atoms with van der Waals surface area (Å²) < 4.78 is 0. The summed E-state index contributed by atoms with van der Waals surface area (Å²) in [5, 5.41) is 11.1. The van der Waals surface area contributed by atoms with Gasteiger partial charge in [0, 0.05) is 11.6 Å². The monoisotopic (exact) mass is 161 g/mol. The van der Waals surface area contributed by atoms with Crippen molar-refractivity contribution in [3.63, 3.8) is 0 Å². The van der Waals surface area contributed by atoms with Gasteiger partial charge in [-0.2, -0.15) is 0 Å².